The Morgan fingerprint density at radius 3 is 2.76 bits per heavy atom. The van der Waals surface area contributed by atoms with Crippen molar-refractivity contribution in [3.8, 4) is 0 Å². The Balaban J connectivity index is 1.39. The van der Waals surface area contributed by atoms with Crippen LogP contribution in [0, 0.1) is 17.2 Å². The van der Waals surface area contributed by atoms with E-state index < -0.39 is 5.54 Å². The number of hydrogen-bond donors (Lipinski definition) is 2. The highest BCUT2D eigenvalue weighted by Crippen LogP contribution is 2.36. The number of nitrogens with one attached hydrogen (secondary N) is 2. The first kappa shape index (κ1) is 20.3. The minimum atomic E-state index is -0.571. The maximum absolute atomic E-state index is 13.2. The molecule has 2 aliphatic heterocycles. The lowest BCUT2D eigenvalue weighted by molar-refractivity contribution is -0.131. The Hall–Kier alpha value is -1.95. The normalized spacial score (nSPS) is 28.9. The fourth-order valence-electron chi connectivity index (χ4n) is 5.59. The monoisotopic (exact) mass is 397 g/mol. The molecule has 158 valence electrons. The number of nitrogens with zero attached hydrogens (tertiary/aromatic N) is 3. The van der Waals surface area contributed by atoms with E-state index in [2.05, 4.69) is 21.3 Å². The highest BCUT2D eigenvalue weighted by molar-refractivity contribution is 6.07. The molecular weight excluding hydrogens is 362 g/mol. The van der Waals surface area contributed by atoms with Crippen LogP contribution >= 0.6 is 0 Å². The van der Waals surface area contributed by atoms with Crippen molar-refractivity contribution in [2.24, 2.45) is 11.8 Å². The molecule has 0 unspecified atom stereocenters. The van der Waals surface area contributed by atoms with Crippen LogP contribution < -0.4 is 5.32 Å². The number of rotatable bonds is 7. The molecule has 3 fully saturated rings. The third-order valence-electron chi connectivity index (χ3n) is 7.25. The summed E-state index contributed by atoms with van der Waals surface area (Å²) < 4.78 is 0. The first-order chi connectivity index (χ1) is 14.1. The first-order valence-corrected chi connectivity index (χ1v) is 11.3. The third kappa shape index (κ3) is 4.63. The Bertz CT molecular complexity index is 717. The molecule has 1 aliphatic carbocycles. The Morgan fingerprint density at radius 2 is 2.07 bits per heavy atom. The SMILES string of the molecule is CN1C(=N)N[C@@](CCC2CCCCC2)(C[C@@H]2CCN(Cc3cccnc3)C2)C1=O. The maximum Gasteiger partial charge on any atom is 0.254 e. The molecule has 2 N–H and O–H groups in total. The maximum atomic E-state index is 13.2. The summed E-state index contributed by atoms with van der Waals surface area (Å²) in [5.74, 6) is 1.61. The van der Waals surface area contributed by atoms with Crippen molar-refractivity contribution in [2.45, 2.75) is 69.9 Å². The Morgan fingerprint density at radius 1 is 1.24 bits per heavy atom. The van der Waals surface area contributed by atoms with Gasteiger partial charge in [0.25, 0.3) is 5.91 Å². The van der Waals surface area contributed by atoms with Crippen molar-refractivity contribution in [1.29, 1.82) is 5.41 Å². The lowest BCUT2D eigenvalue weighted by Gasteiger charge is -2.32. The van der Waals surface area contributed by atoms with Gasteiger partial charge in [0.05, 0.1) is 0 Å². The van der Waals surface area contributed by atoms with Gasteiger partial charge in [-0.25, -0.2) is 0 Å². The summed E-state index contributed by atoms with van der Waals surface area (Å²) in [5, 5.41) is 11.5. The van der Waals surface area contributed by atoms with Crippen molar-refractivity contribution < 1.29 is 4.79 Å². The summed E-state index contributed by atoms with van der Waals surface area (Å²) >= 11 is 0. The van der Waals surface area contributed by atoms with Crippen LogP contribution in [0.1, 0.15) is 63.4 Å². The van der Waals surface area contributed by atoms with E-state index in [1.165, 1.54) is 42.6 Å². The topological polar surface area (TPSA) is 72.3 Å². The predicted molar refractivity (Wildman–Crippen MR) is 114 cm³/mol. The van der Waals surface area contributed by atoms with Crippen LogP contribution in [0.2, 0.25) is 0 Å². The summed E-state index contributed by atoms with van der Waals surface area (Å²) in [6.45, 7) is 3.02. The van der Waals surface area contributed by atoms with Crippen molar-refractivity contribution in [1.82, 2.24) is 20.1 Å². The fraction of sp³-hybridized carbons (Fsp3) is 0.696. The zero-order chi connectivity index (χ0) is 20.3. The number of carbonyl (C=O) groups is 1. The molecule has 1 saturated carbocycles. The highest BCUT2D eigenvalue weighted by atomic mass is 16.2. The molecule has 4 rings (SSSR count). The number of amides is 1. The van der Waals surface area contributed by atoms with Crippen molar-refractivity contribution in [2.75, 3.05) is 20.1 Å². The molecule has 6 heteroatoms. The van der Waals surface area contributed by atoms with Gasteiger partial charge < -0.3 is 5.32 Å². The smallest absolute Gasteiger partial charge is 0.254 e. The number of likely N-dealkylation sites (N-methyl/N-ethyl adjacent to an activating group) is 1. The van der Waals surface area contributed by atoms with Gasteiger partial charge in [-0.1, -0.05) is 38.2 Å². The van der Waals surface area contributed by atoms with Crippen molar-refractivity contribution in [3.05, 3.63) is 30.1 Å². The van der Waals surface area contributed by atoms with Crippen molar-refractivity contribution >= 4 is 11.9 Å². The molecule has 2 atom stereocenters. The lowest BCUT2D eigenvalue weighted by Crippen LogP contribution is -2.49. The van der Waals surface area contributed by atoms with Gasteiger partial charge in [-0.05, 0) is 55.7 Å². The van der Waals surface area contributed by atoms with Gasteiger partial charge in [0.1, 0.15) is 5.54 Å². The molecule has 1 amide bonds. The van der Waals surface area contributed by atoms with E-state index in [0.29, 0.717) is 5.92 Å². The summed E-state index contributed by atoms with van der Waals surface area (Å²) in [6.07, 6.45) is 14.3. The molecule has 3 heterocycles. The molecule has 3 aliphatic rings. The lowest BCUT2D eigenvalue weighted by atomic mass is 9.78. The molecule has 29 heavy (non-hydrogen) atoms. The van der Waals surface area contributed by atoms with E-state index in [4.69, 9.17) is 5.41 Å². The van der Waals surface area contributed by atoms with Crippen LogP contribution in [0.4, 0.5) is 0 Å². The Kier molecular flexibility index (Phi) is 6.18. The van der Waals surface area contributed by atoms with E-state index in [1.807, 2.05) is 18.5 Å². The van der Waals surface area contributed by atoms with E-state index in [-0.39, 0.29) is 11.9 Å². The molecular formula is C23H35N5O. The number of likely N-dealkylation sites (tertiary alicyclic amines) is 1. The van der Waals surface area contributed by atoms with Crippen molar-refractivity contribution in [3.63, 3.8) is 0 Å². The average Bonchev–Trinajstić information content (AvgIpc) is 3.26. The second-order valence-electron chi connectivity index (χ2n) is 9.42. The fourth-order valence-corrected chi connectivity index (χ4v) is 5.59. The standard InChI is InChI=1S/C23H35N5O/c1-27-21(29)23(26-22(27)24,11-9-18-6-3-2-4-7-18)14-19-10-13-28(16-19)17-20-8-5-12-25-15-20/h5,8,12,15,18-19H,2-4,6-7,9-11,13-14,16-17H2,1H3,(H2,24,26)/t19-,23-/m0/s1. The largest absolute Gasteiger partial charge is 0.342 e. The van der Waals surface area contributed by atoms with Crippen LogP contribution in [-0.2, 0) is 11.3 Å². The first-order valence-electron chi connectivity index (χ1n) is 11.3. The number of hydrogen-bond acceptors (Lipinski definition) is 4. The zero-order valence-electron chi connectivity index (χ0n) is 17.7. The zero-order valence-corrected chi connectivity index (χ0v) is 17.7. The summed E-state index contributed by atoms with van der Waals surface area (Å²) in [4.78, 5) is 21.4. The van der Waals surface area contributed by atoms with Gasteiger partial charge >= 0.3 is 0 Å². The van der Waals surface area contributed by atoms with Crippen LogP contribution in [0.25, 0.3) is 0 Å². The molecule has 0 spiro atoms. The summed E-state index contributed by atoms with van der Waals surface area (Å²) in [5.41, 5.74) is 0.676. The molecule has 0 aromatic carbocycles. The van der Waals surface area contributed by atoms with Crippen LogP contribution in [-0.4, -0.2) is 52.3 Å². The van der Waals surface area contributed by atoms with Gasteiger partial charge in [-0.3, -0.25) is 25.0 Å². The van der Waals surface area contributed by atoms with Gasteiger partial charge in [0.15, 0.2) is 5.96 Å². The van der Waals surface area contributed by atoms with E-state index >= 15 is 0 Å². The summed E-state index contributed by atoms with van der Waals surface area (Å²) in [7, 11) is 1.74. The molecule has 0 bridgehead atoms. The van der Waals surface area contributed by atoms with E-state index in [1.54, 1.807) is 7.05 Å². The number of aromatic nitrogens is 1. The van der Waals surface area contributed by atoms with Gasteiger partial charge in [0, 0.05) is 32.5 Å². The third-order valence-corrected chi connectivity index (χ3v) is 7.25. The van der Waals surface area contributed by atoms with Gasteiger partial charge in [-0.2, -0.15) is 0 Å². The number of pyridine rings is 1. The number of guanidine groups is 1. The van der Waals surface area contributed by atoms with Crippen LogP contribution in [0.3, 0.4) is 0 Å². The summed E-state index contributed by atoms with van der Waals surface area (Å²) in [6, 6.07) is 4.12. The van der Waals surface area contributed by atoms with E-state index in [0.717, 1.165) is 51.2 Å². The minimum absolute atomic E-state index is 0.101. The van der Waals surface area contributed by atoms with Crippen LogP contribution in [0.5, 0.6) is 0 Å². The molecule has 2 saturated heterocycles. The molecule has 1 aromatic rings. The van der Waals surface area contributed by atoms with E-state index in [9.17, 15) is 4.79 Å². The molecule has 6 nitrogen and oxygen atoms in total. The second kappa shape index (κ2) is 8.82. The Labute approximate surface area is 174 Å². The second-order valence-corrected chi connectivity index (χ2v) is 9.42. The minimum Gasteiger partial charge on any atom is -0.342 e. The van der Waals surface area contributed by atoms with Crippen LogP contribution in [0.15, 0.2) is 24.5 Å². The average molecular weight is 398 g/mol. The highest BCUT2D eigenvalue weighted by Gasteiger charge is 2.49. The predicted octanol–water partition coefficient (Wildman–Crippen LogP) is 3.39. The molecule has 1 aromatic heterocycles. The van der Waals surface area contributed by atoms with Gasteiger partial charge in [-0.15, -0.1) is 0 Å². The number of carbonyl (C=O) groups excluding carboxylic acids is 1. The van der Waals surface area contributed by atoms with Gasteiger partial charge in [0.2, 0.25) is 0 Å². The molecule has 0 radical (unpaired) electrons. The quantitative estimate of drug-likeness (QED) is 0.740.